The average molecular weight is 314 g/mol. The van der Waals surface area contributed by atoms with Crippen molar-refractivity contribution in [3.05, 3.63) is 29.6 Å². The van der Waals surface area contributed by atoms with Crippen LogP contribution in [0.25, 0.3) is 0 Å². The molecule has 1 atom stereocenters. The molecule has 0 fully saturated rings. The second-order valence-corrected chi connectivity index (χ2v) is 7.23. The molecule has 0 heterocycles. The number of carboxylic acids is 1. The summed E-state index contributed by atoms with van der Waals surface area (Å²) in [6, 6.07) is 2.85. The molecule has 0 saturated heterocycles. The Bertz CT molecular complexity index is 702. The molecule has 6 nitrogen and oxygen atoms in total. The molecule has 0 aliphatic carbocycles. The first-order chi connectivity index (χ1) is 9.49. The highest BCUT2D eigenvalue weighted by Crippen LogP contribution is 2.22. The van der Waals surface area contributed by atoms with Crippen LogP contribution >= 0.6 is 0 Å². The number of nitriles is 1. The number of carbonyl (C=O) groups is 1. The fourth-order valence-electron chi connectivity index (χ4n) is 1.58. The third kappa shape index (κ3) is 4.00. The van der Waals surface area contributed by atoms with Crippen molar-refractivity contribution in [3.8, 4) is 6.07 Å². The monoisotopic (exact) mass is 314 g/mol. The maximum absolute atomic E-state index is 13.2. The van der Waals surface area contributed by atoms with E-state index in [0.29, 0.717) is 0 Å². The number of nitrogens with zero attached hydrogens (tertiary/aromatic N) is 1. The van der Waals surface area contributed by atoms with Crippen LogP contribution in [-0.4, -0.2) is 25.5 Å². The number of sulfonamides is 1. The van der Waals surface area contributed by atoms with Crippen LogP contribution < -0.4 is 4.72 Å². The highest BCUT2D eigenvalue weighted by Gasteiger charge is 2.35. The van der Waals surface area contributed by atoms with E-state index in [4.69, 9.17) is 10.4 Å². The second kappa shape index (κ2) is 5.79. The molecule has 8 heteroatoms. The van der Waals surface area contributed by atoms with Gasteiger partial charge in [-0.2, -0.15) is 9.98 Å². The summed E-state index contributed by atoms with van der Waals surface area (Å²) in [4.78, 5) is 10.8. The van der Waals surface area contributed by atoms with Gasteiger partial charge in [0.25, 0.3) is 0 Å². The summed E-state index contributed by atoms with van der Waals surface area (Å²) in [5, 5.41) is 17.8. The number of hydrogen-bond acceptors (Lipinski definition) is 4. The van der Waals surface area contributed by atoms with Crippen LogP contribution in [0.1, 0.15) is 26.3 Å². The first-order valence-corrected chi connectivity index (χ1v) is 7.42. The van der Waals surface area contributed by atoms with Crippen LogP contribution in [0.3, 0.4) is 0 Å². The molecule has 0 radical (unpaired) electrons. The summed E-state index contributed by atoms with van der Waals surface area (Å²) in [7, 11) is -4.19. The van der Waals surface area contributed by atoms with E-state index in [2.05, 4.69) is 4.72 Å². The van der Waals surface area contributed by atoms with E-state index in [1.54, 1.807) is 20.8 Å². The number of nitrogens with one attached hydrogen (secondary N) is 1. The number of aliphatic carboxylic acids is 1. The third-order valence-corrected chi connectivity index (χ3v) is 4.18. The zero-order valence-corrected chi connectivity index (χ0v) is 12.5. The number of carboxylic acid groups (broad SMARTS) is 1. The summed E-state index contributed by atoms with van der Waals surface area (Å²) in [5.41, 5.74) is -1.29. The van der Waals surface area contributed by atoms with Crippen LogP contribution in [0, 0.1) is 22.6 Å². The van der Waals surface area contributed by atoms with Gasteiger partial charge in [0.15, 0.2) is 0 Å². The lowest BCUT2D eigenvalue weighted by Crippen LogP contribution is -2.48. The van der Waals surface area contributed by atoms with Gasteiger partial charge in [0.05, 0.1) is 10.5 Å². The van der Waals surface area contributed by atoms with Crippen LogP contribution in [0.2, 0.25) is 0 Å². The maximum Gasteiger partial charge on any atom is 0.322 e. The molecule has 0 unspecified atom stereocenters. The van der Waals surface area contributed by atoms with Gasteiger partial charge in [-0.25, -0.2) is 12.8 Å². The van der Waals surface area contributed by atoms with Crippen molar-refractivity contribution in [1.82, 2.24) is 4.72 Å². The van der Waals surface area contributed by atoms with Crippen molar-refractivity contribution in [1.29, 1.82) is 5.26 Å². The van der Waals surface area contributed by atoms with Gasteiger partial charge in [-0.15, -0.1) is 0 Å². The lowest BCUT2D eigenvalue weighted by Gasteiger charge is -2.27. The topological polar surface area (TPSA) is 107 Å². The Morgan fingerprint density at radius 2 is 2.00 bits per heavy atom. The van der Waals surface area contributed by atoms with Crippen LogP contribution in [-0.2, 0) is 14.8 Å². The van der Waals surface area contributed by atoms with Gasteiger partial charge in [0.1, 0.15) is 17.9 Å². The molecular weight excluding hydrogens is 299 g/mol. The van der Waals surface area contributed by atoms with E-state index in [1.165, 1.54) is 6.07 Å². The molecule has 0 saturated carbocycles. The quantitative estimate of drug-likeness (QED) is 0.875. The Hall–Kier alpha value is -1.98. The zero-order chi connectivity index (χ0) is 16.4. The van der Waals surface area contributed by atoms with Crippen LogP contribution in [0.5, 0.6) is 0 Å². The Morgan fingerprint density at radius 1 is 1.43 bits per heavy atom. The predicted molar refractivity (Wildman–Crippen MR) is 72.3 cm³/mol. The first kappa shape index (κ1) is 17.1. The summed E-state index contributed by atoms with van der Waals surface area (Å²) in [6.45, 7) is 4.71. The van der Waals surface area contributed by atoms with E-state index in [0.717, 1.165) is 18.2 Å². The minimum Gasteiger partial charge on any atom is -0.480 e. The van der Waals surface area contributed by atoms with Crippen molar-refractivity contribution in [2.75, 3.05) is 0 Å². The van der Waals surface area contributed by atoms with Crippen LogP contribution in [0.4, 0.5) is 4.39 Å². The largest absolute Gasteiger partial charge is 0.480 e. The first-order valence-electron chi connectivity index (χ1n) is 5.94. The molecule has 0 spiro atoms. The van der Waals surface area contributed by atoms with Crippen molar-refractivity contribution in [2.24, 2.45) is 5.41 Å². The molecule has 1 aromatic carbocycles. The highest BCUT2D eigenvalue weighted by atomic mass is 32.2. The fourth-order valence-corrected chi connectivity index (χ4v) is 3.00. The van der Waals surface area contributed by atoms with E-state index >= 15 is 0 Å². The number of halogens is 1. The predicted octanol–water partition coefficient (Wildman–Crippen LogP) is 1.47. The van der Waals surface area contributed by atoms with Gasteiger partial charge in [-0.3, -0.25) is 4.79 Å². The van der Waals surface area contributed by atoms with E-state index in [1.807, 2.05) is 0 Å². The van der Waals surface area contributed by atoms with Crippen LogP contribution in [0.15, 0.2) is 23.1 Å². The molecule has 0 bridgehead atoms. The fraction of sp³-hybridized carbons (Fsp3) is 0.385. The SMILES string of the molecule is CC(C)(C)[C@@H](NS(=O)(=O)c1ccc(F)c(C#N)c1)C(=O)O. The van der Waals surface area contributed by atoms with Gasteiger partial charge < -0.3 is 5.11 Å². The number of benzene rings is 1. The Kier molecular flexibility index (Phi) is 4.71. The maximum atomic E-state index is 13.2. The van der Waals surface area contributed by atoms with Gasteiger partial charge in [0, 0.05) is 0 Å². The second-order valence-electron chi connectivity index (χ2n) is 5.51. The molecule has 0 amide bonds. The molecule has 0 aliphatic rings. The third-order valence-electron chi connectivity index (χ3n) is 2.75. The number of rotatable bonds is 4. The van der Waals surface area contributed by atoms with Crippen molar-refractivity contribution >= 4 is 16.0 Å². The van der Waals surface area contributed by atoms with Crippen molar-refractivity contribution < 1.29 is 22.7 Å². The zero-order valence-electron chi connectivity index (χ0n) is 11.7. The van der Waals surface area contributed by atoms with E-state index in [9.17, 15) is 17.6 Å². The summed E-state index contributed by atoms with van der Waals surface area (Å²) < 4.78 is 39.6. The molecule has 0 aliphatic heterocycles. The van der Waals surface area contributed by atoms with Crippen molar-refractivity contribution in [2.45, 2.75) is 31.7 Å². The average Bonchev–Trinajstić information content (AvgIpc) is 2.34. The Labute approximate surface area is 122 Å². The molecule has 21 heavy (non-hydrogen) atoms. The summed E-state index contributed by atoms with van der Waals surface area (Å²) in [6.07, 6.45) is 0. The summed E-state index contributed by atoms with van der Waals surface area (Å²) >= 11 is 0. The van der Waals surface area contributed by atoms with E-state index in [-0.39, 0.29) is 4.90 Å². The van der Waals surface area contributed by atoms with Gasteiger partial charge in [-0.1, -0.05) is 20.8 Å². The molecule has 2 N–H and O–H groups in total. The van der Waals surface area contributed by atoms with Gasteiger partial charge in [0.2, 0.25) is 10.0 Å². The van der Waals surface area contributed by atoms with Gasteiger partial charge >= 0.3 is 5.97 Å². The Balaban J connectivity index is 3.24. The van der Waals surface area contributed by atoms with Gasteiger partial charge in [-0.05, 0) is 23.6 Å². The smallest absolute Gasteiger partial charge is 0.322 e. The molecule has 0 aromatic heterocycles. The Morgan fingerprint density at radius 3 is 2.43 bits per heavy atom. The molecule has 114 valence electrons. The molecule has 1 aromatic rings. The lowest BCUT2D eigenvalue weighted by atomic mass is 9.88. The highest BCUT2D eigenvalue weighted by molar-refractivity contribution is 7.89. The van der Waals surface area contributed by atoms with Crippen molar-refractivity contribution in [3.63, 3.8) is 0 Å². The minimum atomic E-state index is -4.19. The normalized spacial score (nSPS) is 13.5. The standard InChI is InChI=1S/C13H15FN2O4S/c1-13(2,3)11(12(17)18)16-21(19,20)9-4-5-10(14)8(6-9)7-15/h4-6,11,16H,1-3H3,(H,17,18)/t11-/m0/s1. The summed E-state index contributed by atoms with van der Waals surface area (Å²) in [5.74, 6) is -2.17. The molecular formula is C13H15FN2O4S. The van der Waals surface area contributed by atoms with E-state index < -0.39 is 38.8 Å². The number of hydrogen-bond donors (Lipinski definition) is 2. The minimum absolute atomic E-state index is 0.365. The molecule has 1 rings (SSSR count). The lowest BCUT2D eigenvalue weighted by molar-refractivity contribution is -0.141.